The van der Waals surface area contributed by atoms with Gasteiger partial charge in [-0.15, -0.1) is 0 Å². The van der Waals surface area contributed by atoms with E-state index in [0.29, 0.717) is 18.7 Å². The molecule has 0 aliphatic heterocycles. The van der Waals surface area contributed by atoms with Crippen molar-refractivity contribution in [3.05, 3.63) is 29.3 Å². The Morgan fingerprint density at radius 3 is 2.70 bits per heavy atom. The number of ether oxygens (including phenoxy) is 2. The molecule has 112 valence electrons. The molecule has 1 aliphatic rings. The SMILES string of the molecule is CCNC1c2cc(OC)ccc2CC1OCC(F)(F)F. The Bertz CT molecular complexity index is 462. The van der Waals surface area contributed by atoms with Crippen LogP contribution in [0.1, 0.15) is 24.1 Å². The molecular weight excluding hydrogens is 271 g/mol. The van der Waals surface area contributed by atoms with Crippen molar-refractivity contribution >= 4 is 0 Å². The number of halogens is 3. The molecule has 6 heteroatoms. The van der Waals surface area contributed by atoms with Gasteiger partial charge in [0.25, 0.3) is 0 Å². The minimum Gasteiger partial charge on any atom is -0.497 e. The maximum atomic E-state index is 12.3. The van der Waals surface area contributed by atoms with Crippen molar-refractivity contribution in [2.75, 3.05) is 20.3 Å². The predicted molar refractivity (Wildman–Crippen MR) is 68.9 cm³/mol. The standard InChI is InChI=1S/C14H18F3NO2/c1-3-18-13-11-7-10(19-2)5-4-9(11)6-12(13)20-8-14(15,16)17/h4-5,7,12-13,18H,3,6,8H2,1-2H3. The lowest BCUT2D eigenvalue weighted by Crippen LogP contribution is -2.33. The Kier molecular flexibility index (Phi) is 4.55. The predicted octanol–water partition coefficient (Wildman–Crippen LogP) is 2.85. The topological polar surface area (TPSA) is 30.5 Å². The van der Waals surface area contributed by atoms with Crippen molar-refractivity contribution < 1.29 is 22.6 Å². The van der Waals surface area contributed by atoms with Crippen LogP contribution < -0.4 is 10.1 Å². The molecule has 2 rings (SSSR count). The van der Waals surface area contributed by atoms with Gasteiger partial charge in [0.05, 0.1) is 19.3 Å². The Morgan fingerprint density at radius 2 is 2.10 bits per heavy atom. The number of benzene rings is 1. The molecule has 0 saturated carbocycles. The van der Waals surface area contributed by atoms with Gasteiger partial charge >= 0.3 is 6.18 Å². The van der Waals surface area contributed by atoms with Crippen molar-refractivity contribution in [3.8, 4) is 5.75 Å². The van der Waals surface area contributed by atoms with E-state index in [9.17, 15) is 13.2 Å². The first-order chi connectivity index (χ1) is 9.44. The number of likely N-dealkylation sites (N-methyl/N-ethyl adjacent to an activating group) is 1. The second-order valence-electron chi connectivity index (χ2n) is 4.77. The molecule has 0 fully saturated rings. The van der Waals surface area contributed by atoms with Crippen LogP contribution in [0, 0.1) is 0 Å². The van der Waals surface area contributed by atoms with Gasteiger partial charge in [-0.1, -0.05) is 13.0 Å². The highest BCUT2D eigenvalue weighted by atomic mass is 19.4. The summed E-state index contributed by atoms with van der Waals surface area (Å²) < 4.78 is 47.1. The summed E-state index contributed by atoms with van der Waals surface area (Å²) in [6.07, 6.45) is -4.32. The number of methoxy groups -OCH3 is 1. The van der Waals surface area contributed by atoms with Gasteiger partial charge < -0.3 is 14.8 Å². The van der Waals surface area contributed by atoms with Gasteiger partial charge in [0.1, 0.15) is 12.4 Å². The molecule has 0 aromatic heterocycles. The van der Waals surface area contributed by atoms with Crippen LogP contribution in [0.25, 0.3) is 0 Å². The molecule has 1 aromatic rings. The fourth-order valence-electron chi connectivity index (χ4n) is 2.53. The number of alkyl halides is 3. The molecule has 0 saturated heterocycles. The molecule has 1 aliphatic carbocycles. The van der Waals surface area contributed by atoms with Gasteiger partial charge in [-0.25, -0.2) is 0 Å². The maximum Gasteiger partial charge on any atom is 0.411 e. The molecule has 0 amide bonds. The lowest BCUT2D eigenvalue weighted by molar-refractivity contribution is -0.187. The van der Waals surface area contributed by atoms with Crippen LogP contribution in [0.4, 0.5) is 13.2 Å². The number of nitrogens with one attached hydrogen (secondary N) is 1. The molecular formula is C14H18F3NO2. The summed E-state index contributed by atoms with van der Waals surface area (Å²) in [5.74, 6) is 0.697. The van der Waals surface area contributed by atoms with Crippen LogP contribution in [0.15, 0.2) is 18.2 Å². The van der Waals surface area contributed by atoms with Gasteiger partial charge in [0, 0.05) is 6.42 Å². The van der Waals surface area contributed by atoms with E-state index in [1.54, 1.807) is 7.11 Å². The fraction of sp³-hybridized carbons (Fsp3) is 0.571. The van der Waals surface area contributed by atoms with Crippen LogP contribution in [-0.4, -0.2) is 32.5 Å². The zero-order valence-corrected chi connectivity index (χ0v) is 11.5. The van der Waals surface area contributed by atoms with E-state index in [1.807, 2.05) is 25.1 Å². The minimum atomic E-state index is -4.30. The lowest BCUT2D eigenvalue weighted by atomic mass is 10.1. The highest BCUT2D eigenvalue weighted by molar-refractivity contribution is 5.42. The Morgan fingerprint density at radius 1 is 1.35 bits per heavy atom. The summed E-state index contributed by atoms with van der Waals surface area (Å²) in [6.45, 7) is 1.36. The number of hydrogen-bond acceptors (Lipinski definition) is 3. The third-order valence-electron chi connectivity index (χ3n) is 3.37. The molecule has 2 unspecified atom stereocenters. The molecule has 0 bridgehead atoms. The molecule has 2 atom stereocenters. The van der Waals surface area contributed by atoms with E-state index < -0.39 is 18.9 Å². The van der Waals surface area contributed by atoms with Crippen molar-refractivity contribution in [3.63, 3.8) is 0 Å². The quantitative estimate of drug-likeness (QED) is 0.904. The average molecular weight is 289 g/mol. The number of hydrogen-bond donors (Lipinski definition) is 1. The fourth-order valence-corrected chi connectivity index (χ4v) is 2.53. The van der Waals surface area contributed by atoms with Gasteiger partial charge in [-0.3, -0.25) is 0 Å². The second kappa shape index (κ2) is 6.01. The van der Waals surface area contributed by atoms with E-state index in [0.717, 1.165) is 11.1 Å². The van der Waals surface area contributed by atoms with E-state index in [4.69, 9.17) is 9.47 Å². The highest BCUT2D eigenvalue weighted by Gasteiger charge is 2.36. The van der Waals surface area contributed by atoms with Crippen LogP contribution in [0.5, 0.6) is 5.75 Å². The highest BCUT2D eigenvalue weighted by Crippen LogP contribution is 2.36. The first kappa shape index (κ1) is 15.1. The van der Waals surface area contributed by atoms with Crippen molar-refractivity contribution in [1.29, 1.82) is 0 Å². The molecule has 1 N–H and O–H groups in total. The summed E-state index contributed by atoms with van der Waals surface area (Å²) in [4.78, 5) is 0. The second-order valence-corrected chi connectivity index (χ2v) is 4.77. The largest absolute Gasteiger partial charge is 0.497 e. The first-order valence-corrected chi connectivity index (χ1v) is 6.53. The maximum absolute atomic E-state index is 12.3. The van der Waals surface area contributed by atoms with Crippen LogP contribution in [0.2, 0.25) is 0 Å². The third-order valence-corrected chi connectivity index (χ3v) is 3.37. The third kappa shape index (κ3) is 3.43. The van der Waals surface area contributed by atoms with Crippen LogP contribution >= 0.6 is 0 Å². The monoisotopic (exact) mass is 289 g/mol. The zero-order valence-electron chi connectivity index (χ0n) is 11.5. The molecule has 0 radical (unpaired) electrons. The van der Waals surface area contributed by atoms with Crippen LogP contribution in [0.3, 0.4) is 0 Å². The van der Waals surface area contributed by atoms with E-state index in [1.165, 1.54) is 0 Å². The van der Waals surface area contributed by atoms with Crippen LogP contribution in [-0.2, 0) is 11.2 Å². The summed E-state index contributed by atoms with van der Waals surface area (Å²) in [5.41, 5.74) is 1.96. The number of rotatable bonds is 5. The molecule has 0 heterocycles. The van der Waals surface area contributed by atoms with E-state index >= 15 is 0 Å². The van der Waals surface area contributed by atoms with Gasteiger partial charge in [-0.2, -0.15) is 13.2 Å². The Hall–Kier alpha value is -1.27. The smallest absolute Gasteiger partial charge is 0.411 e. The zero-order chi connectivity index (χ0) is 14.8. The van der Waals surface area contributed by atoms with Crippen molar-refractivity contribution in [1.82, 2.24) is 5.32 Å². The van der Waals surface area contributed by atoms with E-state index in [2.05, 4.69) is 5.32 Å². The van der Waals surface area contributed by atoms with Crippen molar-refractivity contribution in [2.24, 2.45) is 0 Å². The Balaban J connectivity index is 2.16. The van der Waals surface area contributed by atoms with Crippen molar-refractivity contribution in [2.45, 2.75) is 31.7 Å². The van der Waals surface area contributed by atoms with Gasteiger partial charge in [0.15, 0.2) is 0 Å². The average Bonchev–Trinajstić information content (AvgIpc) is 2.73. The summed E-state index contributed by atoms with van der Waals surface area (Å²) >= 11 is 0. The minimum absolute atomic E-state index is 0.229. The summed E-state index contributed by atoms with van der Waals surface area (Å²) in [6, 6.07) is 5.33. The summed E-state index contributed by atoms with van der Waals surface area (Å²) in [5, 5.41) is 3.19. The van der Waals surface area contributed by atoms with Gasteiger partial charge in [-0.05, 0) is 29.8 Å². The molecule has 3 nitrogen and oxygen atoms in total. The van der Waals surface area contributed by atoms with Gasteiger partial charge in [0.2, 0.25) is 0 Å². The summed E-state index contributed by atoms with van der Waals surface area (Å²) in [7, 11) is 1.57. The normalized spacial score (nSPS) is 21.9. The number of fused-ring (bicyclic) bond motifs is 1. The molecule has 1 aromatic carbocycles. The molecule has 20 heavy (non-hydrogen) atoms. The van der Waals surface area contributed by atoms with E-state index in [-0.39, 0.29) is 6.04 Å². The lowest BCUT2D eigenvalue weighted by Gasteiger charge is -2.22. The molecule has 0 spiro atoms. The first-order valence-electron chi connectivity index (χ1n) is 6.53. The Labute approximate surface area is 116 Å².